The number of hydrogen-bond acceptors (Lipinski definition) is 4. The molecule has 0 aliphatic carbocycles. The minimum atomic E-state index is -4.53. The number of hydrogen-bond donors (Lipinski definition) is 2. The van der Waals surface area contributed by atoms with Gasteiger partial charge in [-0.25, -0.2) is 9.50 Å². The van der Waals surface area contributed by atoms with Crippen molar-refractivity contribution in [2.45, 2.75) is 19.5 Å². The zero-order valence-electron chi connectivity index (χ0n) is 11.2. The average Bonchev–Trinajstić information content (AvgIpc) is 2.87. The third-order valence-corrected chi connectivity index (χ3v) is 2.67. The van der Waals surface area contributed by atoms with E-state index in [1.54, 1.807) is 0 Å². The van der Waals surface area contributed by atoms with E-state index >= 15 is 0 Å². The molecule has 114 valence electrons. The number of rotatable bonds is 5. The molecule has 0 aliphatic heterocycles. The second kappa shape index (κ2) is 5.98. The largest absolute Gasteiger partial charge is 0.435 e. The summed E-state index contributed by atoms with van der Waals surface area (Å²) < 4.78 is 39.0. The highest BCUT2D eigenvalue weighted by molar-refractivity contribution is 5.82. The highest BCUT2D eigenvalue weighted by Crippen LogP contribution is 2.29. The molecule has 2 N–H and O–H groups in total. The smallest absolute Gasteiger partial charge is 0.359 e. The van der Waals surface area contributed by atoms with Gasteiger partial charge in [0.2, 0.25) is 5.91 Å². The number of amides is 1. The Hall–Kier alpha value is -2.32. The van der Waals surface area contributed by atoms with E-state index in [9.17, 15) is 18.0 Å². The summed E-state index contributed by atoms with van der Waals surface area (Å²) >= 11 is 0. The van der Waals surface area contributed by atoms with Gasteiger partial charge in [0.25, 0.3) is 0 Å². The molecule has 1 amide bonds. The third-order valence-electron chi connectivity index (χ3n) is 2.67. The van der Waals surface area contributed by atoms with Gasteiger partial charge in [-0.15, -0.1) is 0 Å². The van der Waals surface area contributed by atoms with E-state index in [2.05, 4.69) is 20.7 Å². The van der Waals surface area contributed by atoms with Gasteiger partial charge in [0.15, 0.2) is 11.5 Å². The maximum Gasteiger partial charge on any atom is 0.435 e. The lowest BCUT2D eigenvalue weighted by atomic mass is 10.3. The Labute approximate surface area is 118 Å². The molecule has 0 aliphatic rings. The Balaban J connectivity index is 2.16. The first kappa shape index (κ1) is 15.1. The van der Waals surface area contributed by atoms with E-state index in [0.29, 0.717) is 6.54 Å². The van der Waals surface area contributed by atoms with Crippen molar-refractivity contribution in [3.8, 4) is 0 Å². The van der Waals surface area contributed by atoms with Crippen LogP contribution in [0, 0.1) is 0 Å². The Bertz CT molecular complexity index is 637. The molecule has 2 aromatic heterocycles. The number of halogens is 3. The fraction of sp³-hybridized carbons (Fsp3) is 0.417. The topological polar surface area (TPSA) is 71.3 Å². The van der Waals surface area contributed by atoms with Crippen LogP contribution in [-0.2, 0) is 11.0 Å². The standard InChI is InChI=1S/C12H14F3N5O/c1-2-3-16-10(21)7-18-11-8-6-9(12(13,14)15)19-20(8)5-4-17-11/h4-6H,2-3,7H2,1H3,(H,16,21)(H,17,18). The molecule has 0 fully saturated rings. The van der Waals surface area contributed by atoms with E-state index in [4.69, 9.17) is 0 Å². The molecule has 9 heteroatoms. The number of carbonyl (C=O) groups is 1. The van der Waals surface area contributed by atoms with Crippen LogP contribution >= 0.6 is 0 Å². The lowest BCUT2D eigenvalue weighted by Crippen LogP contribution is -2.30. The minimum absolute atomic E-state index is 0.0702. The molecule has 0 saturated heterocycles. The molecule has 0 aromatic carbocycles. The van der Waals surface area contributed by atoms with Crippen LogP contribution in [0.25, 0.3) is 5.52 Å². The average molecular weight is 301 g/mol. The van der Waals surface area contributed by atoms with Crippen LogP contribution in [0.5, 0.6) is 0 Å². The molecular formula is C12H14F3N5O. The summed E-state index contributed by atoms with van der Waals surface area (Å²) in [6, 6.07) is 0.888. The lowest BCUT2D eigenvalue weighted by molar-refractivity contribution is -0.141. The van der Waals surface area contributed by atoms with E-state index in [1.165, 1.54) is 12.4 Å². The van der Waals surface area contributed by atoms with Crippen molar-refractivity contribution in [1.82, 2.24) is 19.9 Å². The number of carbonyl (C=O) groups excluding carboxylic acids is 1. The summed E-state index contributed by atoms with van der Waals surface area (Å²) in [5.74, 6) is -0.0802. The van der Waals surface area contributed by atoms with Crippen LogP contribution in [0.4, 0.5) is 19.0 Å². The highest BCUT2D eigenvalue weighted by atomic mass is 19.4. The van der Waals surface area contributed by atoms with Crippen molar-refractivity contribution >= 4 is 17.2 Å². The van der Waals surface area contributed by atoms with Gasteiger partial charge in [0.1, 0.15) is 5.52 Å². The molecular weight excluding hydrogens is 287 g/mol. The summed E-state index contributed by atoms with van der Waals surface area (Å²) in [6.07, 6.45) is -1.10. The first-order chi connectivity index (χ1) is 9.91. The summed E-state index contributed by atoms with van der Waals surface area (Å²) in [5, 5.41) is 8.79. The number of nitrogens with one attached hydrogen (secondary N) is 2. The molecule has 0 unspecified atom stereocenters. The van der Waals surface area contributed by atoms with Crippen LogP contribution in [-0.4, -0.2) is 33.6 Å². The molecule has 6 nitrogen and oxygen atoms in total. The molecule has 2 heterocycles. The first-order valence-corrected chi connectivity index (χ1v) is 6.34. The first-order valence-electron chi connectivity index (χ1n) is 6.34. The molecule has 0 spiro atoms. The summed E-state index contributed by atoms with van der Waals surface area (Å²) in [4.78, 5) is 15.4. The second-order valence-corrected chi connectivity index (χ2v) is 4.34. The second-order valence-electron chi connectivity index (χ2n) is 4.34. The van der Waals surface area contributed by atoms with Gasteiger partial charge in [-0.05, 0) is 6.42 Å². The zero-order chi connectivity index (χ0) is 15.5. The molecule has 0 bridgehead atoms. The Kier molecular flexibility index (Phi) is 4.29. The normalized spacial score (nSPS) is 11.6. The predicted molar refractivity (Wildman–Crippen MR) is 69.8 cm³/mol. The molecule has 2 rings (SSSR count). The number of anilines is 1. The van der Waals surface area contributed by atoms with E-state index in [-0.39, 0.29) is 23.8 Å². The lowest BCUT2D eigenvalue weighted by Gasteiger charge is -2.07. The van der Waals surface area contributed by atoms with Gasteiger partial charge in [0, 0.05) is 25.0 Å². The van der Waals surface area contributed by atoms with Gasteiger partial charge in [-0.2, -0.15) is 18.3 Å². The fourth-order valence-corrected chi connectivity index (χ4v) is 1.69. The van der Waals surface area contributed by atoms with Crippen LogP contribution in [0.2, 0.25) is 0 Å². The van der Waals surface area contributed by atoms with Crippen molar-refractivity contribution in [2.75, 3.05) is 18.4 Å². The molecule has 0 radical (unpaired) electrons. The zero-order valence-corrected chi connectivity index (χ0v) is 11.2. The Morgan fingerprint density at radius 3 is 2.86 bits per heavy atom. The third kappa shape index (κ3) is 3.61. The van der Waals surface area contributed by atoms with Crippen LogP contribution < -0.4 is 10.6 Å². The van der Waals surface area contributed by atoms with Crippen molar-refractivity contribution in [1.29, 1.82) is 0 Å². The Morgan fingerprint density at radius 2 is 2.19 bits per heavy atom. The van der Waals surface area contributed by atoms with Gasteiger partial charge in [-0.3, -0.25) is 4.79 Å². The van der Waals surface area contributed by atoms with Crippen molar-refractivity contribution in [3.05, 3.63) is 24.2 Å². The van der Waals surface area contributed by atoms with Crippen LogP contribution in [0.3, 0.4) is 0 Å². The van der Waals surface area contributed by atoms with Crippen molar-refractivity contribution in [3.63, 3.8) is 0 Å². The quantitative estimate of drug-likeness (QED) is 0.881. The molecule has 0 atom stereocenters. The summed E-state index contributed by atoms with van der Waals surface area (Å²) in [7, 11) is 0. The highest BCUT2D eigenvalue weighted by Gasteiger charge is 2.34. The number of nitrogens with zero attached hydrogens (tertiary/aromatic N) is 3. The van der Waals surface area contributed by atoms with Gasteiger partial charge >= 0.3 is 6.18 Å². The van der Waals surface area contributed by atoms with Crippen molar-refractivity contribution in [2.24, 2.45) is 0 Å². The van der Waals surface area contributed by atoms with E-state index in [0.717, 1.165) is 17.0 Å². The van der Waals surface area contributed by atoms with Crippen LogP contribution in [0.15, 0.2) is 18.5 Å². The fourth-order valence-electron chi connectivity index (χ4n) is 1.69. The Morgan fingerprint density at radius 1 is 1.43 bits per heavy atom. The maximum absolute atomic E-state index is 12.6. The van der Waals surface area contributed by atoms with Gasteiger partial charge in [0.05, 0.1) is 6.54 Å². The van der Waals surface area contributed by atoms with E-state index < -0.39 is 11.9 Å². The predicted octanol–water partition coefficient (Wildman–Crippen LogP) is 1.69. The maximum atomic E-state index is 12.6. The number of fused-ring (bicyclic) bond motifs is 1. The van der Waals surface area contributed by atoms with Crippen LogP contribution in [0.1, 0.15) is 19.0 Å². The SMILES string of the molecule is CCCNC(=O)CNc1nccn2nc(C(F)(F)F)cc12. The molecule has 21 heavy (non-hydrogen) atoms. The monoisotopic (exact) mass is 301 g/mol. The summed E-state index contributed by atoms with van der Waals surface area (Å²) in [6.45, 7) is 2.39. The van der Waals surface area contributed by atoms with Gasteiger partial charge < -0.3 is 10.6 Å². The number of aromatic nitrogens is 3. The molecule has 2 aromatic rings. The van der Waals surface area contributed by atoms with E-state index in [1.807, 2.05) is 6.92 Å². The summed E-state index contributed by atoms with van der Waals surface area (Å²) in [5.41, 5.74) is -0.845. The van der Waals surface area contributed by atoms with Gasteiger partial charge in [-0.1, -0.05) is 6.92 Å². The minimum Gasteiger partial charge on any atom is -0.359 e. The molecule has 0 saturated carbocycles. The number of alkyl halides is 3. The van der Waals surface area contributed by atoms with Crippen molar-refractivity contribution < 1.29 is 18.0 Å².